The molecule has 0 unspecified atom stereocenters. The Morgan fingerprint density at radius 1 is 1.44 bits per heavy atom. The summed E-state index contributed by atoms with van der Waals surface area (Å²) in [4.78, 5) is 17.5. The van der Waals surface area contributed by atoms with Crippen molar-refractivity contribution >= 4 is 34.7 Å². The van der Waals surface area contributed by atoms with Crippen LogP contribution in [0.2, 0.25) is 0 Å². The highest BCUT2D eigenvalue weighted by molar-refractivity contribution is 6.28. The summed E-state index contributed by atoms with van der Waals surface area (Å²) in [6.45, 7) is 1.89. The average molecular weight is 267 g/mol. The number of nitrogens with zero attached hydrogens (tertiary/aromatic N) is 2. The Morgan fingerprint density at radius 2 is 2.17 bits per heavy atom. The summed E-state index contributed by atoms with van der Waals surface area (Å²) in [6.07, 6.45) is 0. The van der Waals surface area contributed by atoms with Gasteiger partial charge in [0.2, 0.25) is 5.91 Å². The van der Waals surface area contributed by atoms with Crippen LogP contribution in [-0.2, 0) is 4.79 Å². The van der Waals surface area contributed by atoms with Gasteiger partial charge >= 0.3 is 0 Å². The summed E-state index contributed by atoms with van der Waals surface area (Å²) in [6, 6.07) is 7.58. The highest BCUT2D eigenvalue weighted by Gasteiger charge is 2.15. The van der Waals surface area contributed by atoms with Crippen molar-refractivity contribution in [1.29, 1.82) is 0 Å². The van der Waals surface area contributed by atoms with Crippen molar-refractivity contribution in [2.24, 2.45) is 10.7 Å². The van der Waals surface area contributed by atoms with Crippen molar-refractivity contribution < 1.29 is 4.79 Å². The predicted octanol–water partition coefficient (Wildman–Crippen LogP) is 0.850. The molecule has 1 aliphatic rings. The van der Waals surface area contributed by atoms with Crippen molar-refractivity contribution in [3.63, 3.8) is 0 Å². The second kappa shape index (κ2) is 5.73. The summed E-state index contributed by atoms with van der Waals surface area (Å²) >= 11 is 5.56. The van der Waals surface area contributed by atoms with Crippen molar-refractivity contribution in [3.05, 3.63) is 24.3 Å². The van der Waals surface area contributed by atoms with E-state index in [1.807, 2.05) is 29.2 Å². The Balaban J connectivity index is 2.09. The fraction of sp³-hybridized carbons (Fsp3) is 0.333. The maximum absolute atomic E-state index is 11.3. The smallest absolute Gasteiger partial charge is 0.239 e. The van der Waals surface area contributed by atoms with E-state index in [0.717, 1.165) is 17.9 Å². The van der Waals surface area contributed by atoms with E-state index >= 15 is 0 Å². The molecule has 1 fully saturated rings. The minimum atomic E-state index is 0.0507. The number of alkyl halides is 1. The van der Waals surface area contributed by atoms with Gasteiger partial charge in [0.05, 0.1) is 18.1 Å². The van der Waals surface area contributed by atoms with E-state index in [4.69, 9.17) is 17.3 Å². The van der Waals surface area contributed by atoms with Crippen LogP contribution in [0, 0.1) is 0 Å². The first-order valence-corrected chi connectivity index (χ1v) is 6.23. The zero-order valence-corrected chi connectivity index (χ0v) is 10.7. The molecule has 1 amide bonds. The van der Waals surface area contributed by atoms with E-state index in [1.54, 1.807) is 0 Å². The van der Waals surface area contributed by atoms with E-state index in [2.05, 4.69) is 10.3 Å². The molecule has 96 valence electrons. The maximum atomic E-state index is 11.3. The molecule has 1 aromatic carbocycles. The number of carbonyl (C=O) groups is 1. The summed E-state index contributed by atoms with van der Waals surface area (Å²) in [5, 5.41) is 2.79. The number of hydrogen-bond acceptors (Lipinski definition) is 3. The molecule has 0 aliphatic carbocycles. The van der Waals surface area contributed by atoms with E-state index in [1.165, 1.54) is 0 Å². The average Bonchev–Trinajstić information content (AvgIpc) is 2.39. The molecule has 0 radical (unpaired) electrons. The van der Waals surface area contributed by atoms with Gasteiger partial charge in [0.15, 0.2) is 0 Å². The van der Waals surface area contributed by atoms with Gasteiger partial charge in [-0.15, -0.1) is 11.6 Å². The molecule has 0 bridgehead atoms. The molecule has 0 aromatic heterocycles. The zero-order valence-electron chi connectivity index (χ0n) is 9.90. The standard InChI is InChI=1S/C12H15ClN4O/c13-7-11(14)16-9-1-3-10(4-2-9)17-6-5-15-12(18)8-17/h1-4H,5-8H2,(H2,14,16)(H,15,18). The number of rotatable bonds is 3. The SMILES string of the molecule is NC(CCl)=Nc1ccc(N2CCNC(=O)C2)cc1. The van der Waals surface area contributed by atoms with Crippen molar-refractivity contribution in [3.8, 4) is 0 Å². The largest absolute Gasteiger partial charge is 0.386 e. The molecule has 2 rings (SSSR count). The summed E-state index contributed by atoms with van der Waals surface area (Å²) in [5.74, 6) is 0.658. The number of aliphatic imine (C=N–C) groups is 1. The number of anilines is 1. The third-order valence-electron chi connectivity index (χ3n) is 2.66. The van der Waals surface area contributed by atoms with Crippen LogP contribution < -0.4 is 16.0 Å². The minimum Gasteiger partial charge on any atom is -0.386 e. The number of nitrogens with one attached hydrogen (secondary N) is 1. The maximum Gasteiger partial charge on any atom is 0.239 e. The van der Waals surface area contributed by atoms with Crippen LogP contribution in [0.1, 0.15) is 0 Å². The first-order chi connectivity index (χ1) is 8.69. The number of amides is 1. The molecule has 0 atom stereocenters. The molecular formula is C12H15ClN4O. The monoisotopic (exact) mass is 266 g/mol. The van der Waals surface area contributed by atoms with Crippen molar-refractivity contribution in [1.82, 2.24) is 5.32 Å². The minimum absolute atomic E-state index is 0.0507. The lowest BCUT2D eigenvalue weighted by atomic mass is 10.2. The number of amidine groups is 1. The number of benzene rings is 1. The fourth-order valence-electron chi connectivity index (χ4n) is 1.79. The third-order valence-corrected chi connectivity index (χ3v) is 2.94. The number of halogens is 1. The quantitative estimate of drug-likeness (QED) is 0.484. The second-order valence-corrected chi connectivity index (χ2v) is 4.29. The van der Waals surface area contributed by atoms with Crippen LogP contribution in [0.15, 0.2) is 29.3 Å². The van der Waals surface area contributed by atoms with E-state index in [-0.39, 0.29) is 11.8 Å². The Hall–Kier alpha value is -1.75. The molecule has 1 aromatic rings. The molecule has 0 spiro atoms. The molecule has 1 saturated heterocycles. The Bertz CT molecular complexity index is 458. The normalized spacial score (nSPS) is 16.6. The number of hydrogen-bond donors (Lipinski definition) is 2. The lowest BCUT2D eigenvalue weighted by Crippen LogP contribution is -2.47. The topological polar surface area (TPSA) is 70.7 Å². The predicted molar refractivity (Wildman–Crippen MR) is 73.7 cm³/mol. The van der Waals surface area contributed by atoms with Crippen LogP contribution in [0.4, 0.5) is 11.4 Å². The summed E-state index contributed by atoms with van der Waals surface area (Å²) < 4.78 is 0. The molecule has 18 heavy (non-hydrogen) atoms. The van der Waals surface area contributed by atoms with Crippen LogP contribution in [0.25, 0.3) is 0 Å². The van der Waals surface area contributed by atoms with Gasteiger partial charge in [-0.1, -0.05) is 0 Å². The van der Waals surface area contributed by atoms with Gasteiger partial charge in [-0.05, 0) is 24.3 Å². The van der Waals surface area contributed by atoms with Gasteiger partial charge < -0.3 is 16.0 Å². The van der Waals surface area contributed by atoms with Crippen LogP contribution in [0.5, 0.6) is 0 Å². The number of nitrogens with two attached hydrogens (primary N) is 1. The lowest BCUT2D eigenvalue weighted by Gasteiger charge is -2.28. The Labute approximate surface area is 111 Å². The van der Waals surface area contributed by atoms with Crippen molar-refractivity contribution in [2.75, 3.05) is 30.4 Å². The molecular weight excluding hydrogens is 252 g/mol. The summed E-state index contributed by atoms with van der Waals surface area (Å²) in [5.41, 5.74) is 7.33. The fourth-order valence-corrected chi connectivity index (χ4v) is 1.85. The van der Waals surface area contributed by atoms with Gasteiger partial charge in [0.1, 0.15) is 5.84 Å². The second-order valence-electron chi connectivity index (χ2n) is 4.02. The Kier molecular flexibility index (Phi) is 4.04. The highest BCUT2D eigenvalue weighted by atomic mass is 35.5. The molecule has 1 heterocycles. The van der Waals surface area contributed by atoms with Crippen LogP contribution in [0.3, 0.4) is 0 Å². The van der Waals surface area contributed by atoms with Crippen LogP contribution >= 0.6 is 11.6 Å². The molecule has 6 heteroatoms. The summed E-state index contributed by atoms with van der Waals surface area (Å²) in [7, 11) is 0. The highest BCUT2D eigenvalue weighted by Crippen LogP contribution is 2.20. The molecule has 5 nitrogen and oxygen atoms in total. The van der Waals surface area contributed by atoms with Gasteiger partial charge in [0.25, 0.3) is 0 Å². The van der Waals surface area contributed by atoms with E-state index in [0.29, 0.717) is 18.9 Å². The lowest BCUT2D eigenvalue weighted by molar-refractivity contribution is -0.120. The molecule has 3 N–H and O–H groups in total. The van der Waals surface area contributed by atoms with Gasteiger partial charge in [-0.2, -0.15) is 0 Å². The Morgan fingerprint density at radius 3 is 2.78 bits per heavy atom. The van der Waals surface area contributed by atoms with E-state index < -0.39 is 0 Å². The zero-order chi connectivity index (χ0) is 13.0. The van der Waals surface area contributed by atoms with Gasteiger partial charge in [0, 0.05) is 18.8 Å². The molecule has 1 aliphatic heterocycles. The van der Waals surface area contributed by atoms with Gasteiger partial charge in [-0.3, -0.25) is 4.79 Å². The molecule has 0 saturated carbocycles. The third kappa shape index (κ3) is 3.13. The van der Waals surface area contributed by atoms with Crippen molar-refractivity contribution in [2.45, 2.75) is 0 Å². The first-order valence-electron chi connectivity index (χ1n) is 5.70. The van der Waals surface area contributed by atoms with Gasteiger partial charge in [-0.25, -0.2) is 4.99 Å². The number of piperazine rings is 1. The first kappa shape index (κ1) is 12.7. The van der Waals surface area contributed by atoms with Crippen LogP contribution in [-0.4, -0.2) is 37.3 Å². The number of carbonyl (C=O) groups excluding carboxylic acids is 1. The van der Waals surface area contributed by atoms with E-state index in [9.17, 15) is 4.79 Å².